The number of amides is 1. The molecule has 0 radical (unpaired) electrons. The first-order valence-corrected chi connectivity index (χ1v) is 7.40. The molecule has 1 heterocycles. The molecule has 2 N–H and O–H groups in total. The van der Waals surface area contributed by atoms with Crippen LogP contribution in [0.2, 0.25) is 0 Å². The second kappa shape index (κ2) is 7.69. The Morgan fingerprint density at radius 2 is 2.17 bits per heavy atom. The second-order valence-corrected chi connectivity index (χ2v) is 5.30. The van der Waals surface area contributed by atoms with E-state index >= 15 is 0 Å². The van der Waals surface area contributed by atoms with E-state index in [2.05, 4.69) is 15.4 Å². The summed E-state index contributed by atoms with van der Waals surface area (Å²) in [7, 11) is 0. The van der Waals surface area contributed by atoms with Crippen molar-refractivity contribution in [2.24, 2.45) is 0 Å². The van der Waals surface area contributed by atoms with E-state index < -0.39 is 37.4 Å². The Bertz CT molecular complexity index is 584. The number of carbonyl (C=O) groups excluding carboxylic acids is 1. The molecule has 2 rings (SSSR count). The molecule has 1 aliphatic heterocycles. The van der Waals surface area contributed by atoms with E-state index in [4.69, 9.17) is 4.74 Å². The lowest BCUT2D eigenvalue weighted by molar-refractivity contribution is -0.123. The molecule has 9 heteroatoms. The highest BCUT2D eigenvalue weighted by atomic mass is 19.3. The molecular formula is C15H18F4N2O3. The van der Waals surface area contributed by atoms with Gasteiger partial charge in [-0.1, -0.05) is 6.07 Å². The van der Waals surface area contributed by atoms with Crippen LogP contribution in [0, 0.1) is 0 Å². The van der Waals surface area contributed by atoms with Gasteiger partial charge in [-0.05, 0) is 24.6 Å². The van der Waals surface area contributed by atoms with Crippen LogP contribution in [0.4, 0.5) is 17.6 Å². The smallest absolute Gasteiger partial charge is 0.387 e. The van der Waals surface area contributed by atoms with Crippen LogP contribution in [0.3, 0.4) is 0 Å². The van der Waals surface area contributed by atoms with Gasteiger partial charge in [0.15, 0.2) is 11.5 Å². The summed E-state index contributed by atoms with van der Waals surface area (Å²) in [6.07, 6.45) is -0.551. The molecule has 5 nitrogen and oxygen atoms in total. The molecule has 1 fully saturated rings. The quantitative estimate of drug-likeness (QED) is 0.741. The van der Waals surface area contributed by atoms with E-state index in [-0.39, 0.29) is 24.7 Å². The van der Waals surface area contributed by atoms with Crippen LogP contribution >= 0.6 is 0 Å². The molecular weight excluding hydrogens is 332 g/mol. The van der Waals surface area contributed by atoms with Crippen LogP contribution < -0.4 is 20.1 Å². The minimum Gasteiger partial charge on any atom is -0.490 e. The summed E-state index contributed by atoms with van der Waals surface area (Å²) >= 11 is 0. The number of alkyl halides is 4. The van der Waals surface area contributed by atoms with Crippen LogP contribution in [-0.2, 0) is 11.3 Å². The predicted octanol–water partition coefficient (Wildman–Crippen LogP) is 2.30. The standard InChI is InChI=1S/C15H18F4N2O3/c1-2-23-12-5-9(3-4-11(12)24-14(16)17)7-20-13(22)10-6-15(18,19)8-21-10/h3-5,10,14,21H,2,6-8H2,1H3,(H,20,22). The predicted molar refractivity (Wildman–Crippen MR) is 77.4 cm³/mol. The number of hydrogen-bond acceptors (Lipinski definition) is 4. The minimum atomic E-state index is -2.98. The van der Waals surface area contributed by atoms with Crippen molar-refractivity contribution >= 4 is 5.91 Å². The highest BCUT2D eigenvalue weighted by Crippen LogP contribution is 2.30. The molecule has 1 unspecified atom stereocenters. The van der Waals surface area contributed by atoms with Crippen LogP contribution in [0.25, 0.3) is 0 Å². The van der Waals surface area contributed by atoms with Crippen molar-refractivity contribution in [3.63, 3.8) is 0 Å². The Balaban J connectivity index is 1.97. The van der Waals surface area contributed by atoms with Crippen molar-refractivity contribution in [2.45, 2.75) is 38.5 Å². The van der Waals surface area contributed by atoms with Crippen LogP contribution in [0.15, 0.2) is 18.2 Å². The summed E-state index contributed by atoms with van der Waals surface area (Å²) in [5.74, 6) is -3.43. The zero-order valence-corrected chi connectivity index (χ0v) is 13.0. The summed E-state index contributed by atoms with van der Waals surface area (Å²) in [6.45, 7) is -1.52. The lowest BCUT2D eigenvalue weighted by atomic mass is 10.1. The molecule has 0 bridgehead atoms. The molecule has 0 saturated carbocycles. The summed E-state index contributed by atoms with van der Waals surface area (Å²) in [5, 5.41) is 4.98. The summed E-state index contributed by atoms with van der Waals surface area (Å²) in [4.78, 5) is 11.9. The molecule has 134 valence electrons. The van der Waals surface area contributed by atoms with Crippen molar-refractivity contribution in [2.75, 3.05) is 13.2 Å². The van der Waals surface area contributed by atoms with Gasteiger partial charge in [0, 0.05) is 13.0 Å². The van der Waals surface area contributed by atoms with Crippen molar-refractivity contribution in [1.29, 1.82) is 0 Å². The van der Waals surface area contributed by atoms with E-state index in [1.807, 2.05) is 0 Å². The fourth-order valence-electron chi connectivity index (χ4n) is 2.34. The molecule has 1 aromatic carbocycles. The third kappa shape index (κ3) is 4.98. The number of carbonyl (C=O) groups is 1. The number of halogens is 4. The molecule has 0 spiro atoms. The van der Waals surface area contributed by atoms with Gasteiger partial charge >= 0.3 is 6.61 Å². The number of rotatable bonds is 7. The largest absolute Gasteiger partial charge is 0.490 e. The average molecular weight is 350 g/mol. The van der Waals surface area contributed by atoms with Gasteiger partial charge < -0.3 is 14.8 Å². The Hall–Kier alpha value is -2.03. The first-order chi connectivity index (χ1) is 11.3. The van der Waals surface area contributed by atoms with Gasteiger partial charge in [-0.25, -0.2) is 8.78 Å². The third-order valence-electron chi connectivity index (χ3n) is 3.42. The monoisotopic (exact) mass is 350 g/mol. The molecule has 0 aromatic heterocycles. The highest BCUT2D eigenvalue weighted by molar-refractivity contribution is 5.82. The zero-order chi connectivity index (χ0) is 17.7. The van der Waals surface area contributed by atoms with E-state index in [1.54, 1.807) is 6.92 Å². The van der Waals surface area contributed by atoms with Crippen LogP contribution in [0.1, 0.15) is 18.9 Å². The van der Waals surface area contributed by atoms with Gasteiger partial charge in [-0.15, -0.1) is 0 Å². The van der Waals surface area contributed by atoms with Crippen molar-refractivity contribution < 1.29 is 31.8 Å². The number of ether oxygens (including phenoxy) is 2. The van der Waals surface area contributed by atoms with E-state index in [1.165, 1.54) is 18.2 Å². The topological polar surface area (TPSA) is 59.6 Å². The molecule has 1 aliphatic rings. The lowest BCUT2D eigenvalue weighted by Gasteiger charge is -2.14. The van der Waals surface area contributed by atoms with Gasteiger partial charge in [0.25, 0.3) is 5.92 Å². The molecule has 0 aliphatic carbocycles. The Morgan fingerprint density at radius 3 is 2.75 bits per heavy atom. The van der Waals surface area contributed by atoms with Gasteiger partial charge in [0.1, 0.15) is 0 Å². The van der Waals surface area contributed by atoms with Crippen molar-refractivity contribution in [3.05, 3.63) is 23.8 Å². The molecule has 24 heavy (non-hydrogen) atoms. The Morgan fingerprint density at radius 1 is 1.42 bits per heavy atom. The first-order valence-electron chi connectivity index (χ1n) is 7.40. The normalized spacial score (nSPS) is 19.3. The SMILES string of the molecule is CCOc1cc(CNC(=O)C2CC(F)(F)CN2)ccc1OC(F)F. The minimum absolute atomic E-state index is 0.0532. The lowest BCUT2D eigenvalue weighted by Crippen LogP contribution is -2.40. The Kier molecular flexibility index (Phi) is 5.87. The zero-order valence-electron chi connectivity index (χ0n) is 13.0. The molecule has 1 atom stereocenters. The number of benzene rings is 1. The fourth-order valence-corrected chi connectivity index (χ4v) is 2.34. The third-order valence-corrected chi connectivity index (χ3v) is 3.42. The van der Waals surface area contributed by atoms with Crippen LogP contribution in [0.5, 0.6) is 11.5 Å². The van der Waals surface area contributed by atoms with Gasteiger partial charge in [-0.3, -0.25) is 10.1 Å². The number of hydrogen-bond donors (Lipinski definition) is 2. The molecule has 1 amide bonds. The van der Waals surface area contributed by atoms with Crippen molar-refractivity contribution in [1.82, 2.24) is 10.6 Å². The van der Waals surface area contributed by atoms with E-state index in [9.17, 15) is 22.4 Å². The van der Waals surface area contributed by atoms with Crippen molar-refractivity contribution in [3.8, 4) is 11.5 Å². The summed E-state index contributed by atoms with van der Waals surface area (Å²) in [5.41, 5.74) is 0.568. The maximum absolute atomic E-state index is 13.1. The van der Waals surface area contributed by atoms with Gasteiger partial charge in [-0.2, -0.15) is 8.78 Å². The fraction of sp³-hybridized carbons (Fsp3) is 0.533. The number of nitrogens with one attached hydrogen (secondary N) is 2. The van der Waals surface area contributed by atoms with Crippen LogP contribution in [-0.4, -0.2) is 37.6 Å². The maximum atomic E-state index is 13.1. The maximum Gasteiger partial charge on any atom is 0.387 e. The molecule has 1 saturated heterocycles. The average Bonchev–Trinajstić information content (AvgIpc) is 2.87. The van der Waals surface area contributed by atoms with E-state index in [0.29, 0.717) is 5.56 Å². The van der Waals surface area contributed by atoms with Gasteiger partial charge in [0.05, 0.1) is 19.2 Å². The summed E-state index contributed by atoms with van der Waals surface area (Å²) in [6, 6.07) is 3.29. The Labute approximate surface area is 136 Å². The van der Waals surface area contributed by atoms with E-state index in [0.717, 1.165) is 0 Å². The molecule has 1 aromatic rings. The first kappa shape index (κ1) is 18.3. The highest BCUT2D eigenvalue weighted by Gasteiger charge is 2.42. The summed E-state index contributed by atoms with van der Waals surface area (Å²) < 4.78 is 60.4. The van der Waals surface area contributed by atoms with Gasteiger partial charge in [0.2, 0.25) is 5.91 Å². The second-order valence-electron chi connectivity index (χ2n) is 5.30.